The molecule has 0 bridgehead atoms. The number of hydrogen-bond donors (Lipinski definition) is 1. The summed E-state index contributed by atoms with van der Waals surface area (Å²) in [5, 5.41) is 9.75. The van der Waals surface area contributed by atoms with E-state index in [1.54, 1.807) is 0 Å². The molecule has 0 aromatic rings. The molecule has 1 aliphatic heterocycles. The second-order valence-corrected chi connectivity index (χ2v) is 6.74. The summed E-state index contributed by atoms with van der Waals surface area (Å²) in [5.41, 5.74) is 0.270. The maximum absolute atomic E-state index is 9.75. The summed E-state index contributed by atoms with van der Waals surface area (Å²) in [5.74, 6) is 0.987. The SMILES string of the molecule is OCC1(CN2CCC3CCCCC32)CCCC1. The van der Waals surface area contributed by atoms with Gasteiger partial charge in [0, 0.05) is 24.6 Å². The molecule has 3 fully saturated rings. The summed E-state index contributed by atoms with van der Waals surface area (Å²) in [6.45, 7) is 2.91. The van der Waals surface area contributed by atoms with Gasteiger partial charge in [0.2, 0.25) is 0 Å². The molecular weight excluding hydrogens is 210 g/mol. The van der Waals surface area contributed by atoms with E-state index in [0.717, 1.165) is 12.0 Å². The van der Waals surface area contributed by atoms with Gasteiger partial charge in [-0.15, -0.1) is 0 Å². The zero-order chi connectivity index (χ0) is 11.7. The van der Waals surface area contributed by atoms with E-state index in [1.165, 1.54) is 70.9 Å². The summed E-state index contributed by atoms with van der Waals surface area (Å²) in [6, 6.07) is 0.868. The summed E-state index contributed by atoms with van der Waals surface area (Å²) in [4.78, 5) is 2.74. The largest absolute Gasteiger partial charge is 0.396 e. The Kier molecular flexibility index (Phi) is 3.45. The monoisotopic (exact) mass is 237 g/mol. The van der Waals surface area contributed by atoms with Crippen LogP contribution in [0.2, 0.25) is 0 Å². The van der Waals surface area contributed by atoms with Crippen molar-refractivity contribution in [1.29, 1.82) is 0 Å². The van der Waals surface area contributed by atoms with Gasteiger partial charge in [0.25, 0.3) is 0 Å². The Morgan fingerprint density at radius 2 is 1.76 bits per heavy atom. The van der Waals surface area contributed by atoms with Crippen LogP contribution in [0, 0.1) is 11.3 Å². The van der Waals surface area contributed by atoms with Crippen LogP contribution in [0.5, 0.6) is 0 Å². The van der Waals surface area contributed by atoms with E-state index in [1.807, 2.05) is 0 Å². The fourth-order valence-corrected chi connectivity index (χ4v) is 4.62. The summed E-state index contributed by atoms with van der Waals surface area (Å²) >= 11 is 0. The lowest BCUT2D eigenvalue weighted by atomic mass is 9.83. The Labute approximate surface area is 105 Å². The molecule has 2 unspecified atom stereocenters. The number of nitrogens with zero attached hydrogens (tertiary/aromatic N) is 1. The highest BCUT2D eigenvalue weighted by Gasteiger charge is 2.41. The average Bonchev–Trinajstić information content (AvgIpc) is 2.99. The van der Waals surface area contributed by atoms with E-state index in [4.69, 9.17) is 0 Å². The molecule has 2 saturated carbocycles. The zero-order valence-electron chi connectivity index (χ0n) is 11.0. The number of rotatable bonds is 3. The van der Waals surface area contributed by atoms with Gasteiger partial charge < -0.3 is 5.11 Å². The van der Waals surface area contributed by atoms with E-state index in [9.17, 15) is 5.11 Å². The first kappa shape index (κ1) is 12.0. The van der Waals surface area contributed by atoms with Gasteiger partial charge in [-0.05, 0) is 44.6 Å². The highest BCUT2D eigenvalue weighted by Crippen LogP contribution is 2.42. The second-order valence-electron chi connectivity index (χ2n) is 6.74. The molecule has 0 aromatic heterocycles. The summed E-state index contributed by atoms with van der Waals surface area (Å²) in [6.07, 6.45) is 12.4. The minimum Gasteiger partial charge on any atom is -0.396 e. The van der Waals surface area contributed by atoms with Crippen molar-refractivity contribution in [2.45, 2.75) is 63.8 Å². The molecular formula is C15H27NO. The third kappa shape index (κ3) is 2.26. The molecule has 1 N–H and O–H groups in total. The van der Waals surface area contributed by atoms with Crippen LogP contribution in [0.3, 0.4) is 0 Å². The summed E-state index contributed by atoms with van der Waals surface area (Å²) in [7, 11) is 0. The van der Waals surface area contributed by atoms with E-state index < -0.39 is 0 Å². The van der Waals surface area contributed by atoms with Crippen molar-refractivity contribution in [2.24, 2.45) is 11.3 Å². The number of fused-ring (bicyclic) bond motifs is 1. The quantitative estimate of drug-likeness (QED) is 0.816. The zero-order valence-corrected chi connectivity index (χ0v) is 11.0. The normalized spacial score (nSPS) is 37.2. The second kappa shape index (κ2) is 4.89. The molecule has 0 amide bonds. The molecule has 3 rings (SSSR count). The standard InChI is InChI=1S/C15H27NO/c17-12-15(8-3-4-9-15)11-16-10-7-13-5-1-2-6-14(13)16/h13-14,17H,1-12H2. The predicted octanol–water partition coefficient (Wildman–Crippen LogP) is 2.80. The molecule has 1 saturated heterocycles. The van der Waals surface area contributed by atoms with Crippen LogP contribution in [0.4, 0.5) is 0 Å². The van der Waals surface area contributed by atoms with Gasteiger partial charge in [-0.1, -0.05) is 25.7 Å². The molecule has 2 atom stereocenters. The van der Waals surface area contributed by atoms with E-state index in [0.29, 0.717) is 6.61 Å². The van der Waals surface area contributed by atoms with E-state index in [2.05, 4.69) is 4.90 Å². The van der Waals surface area contributed by atoms with Gasteiger partial charge in [0.15, 0.2) is 0 Å². The van der Waals surface area contributed by atoms with Gasteiger partial charge in [0.1, 0.15) is 0 Å². The lowest BCUT2D eigenvalue weighted by Gasteiger charge is -2.37. The Bertz CT molecular complexity index is 260. The minimum atomic E-state index is 0.270. The van der Waals surface area contributed by atoms with E-state index >= 15 is 0 Å². The summed E-state index contributed by atoms with van der Waals surface area (Å²) < 4.78 is 0. The highest BCUT2D eigenvalue weighted by atomic mass is 16.3. The van der Waals surface area contributed by atoms with Crippen LogP contribution in [0.1, 0.15) is 57.8 Å². The lowest BCUT2D eigenvalue weighted by molar-refractivity contribution is 0.0609. The topological polar surface area (TPSA) is 23.5 Å². The Hall–Kier alpha value is -0.0800. The van der Waals surface area contributed by atoms with Crippen LogP contribution in [-0.2, 0) is 0 Å². The Balaban J connectivity index is 1.64. The molecule has 0 spiro atoms. The number of hydrogen-bond acceptors (Lipinski definition) is 2. The fraction of sp³-hybridized carbons (Fsp3) is 1.00. The Morgan fingerprint density at radius 3 is 2.53 bits per heavy atom. The first-order valence-corrected chi connectivity index (χ1v) is 7.68. The molecule has 98 valence electrons. The van der Waals surface area contributed by atoms with Gasteiger partial charge in [0.05, 0.1) is 0 Å². The first-order chi connectivity index (χ1) is 8.33. The van der Waals surface area contributed by atoms with Gasteiger partial charge >= 0.3 is 0 Å². The lowest BCUT2D eigenvalue weighted by Crippen LogP contribution is -2.43. The average molecular weight is 237 g/mol. The number of aliphatic hydroxyl groups excluding tert-OH is 1. The predicted molar refractivity (Wildman–Crippen MR) is 69.9 cm³/mol. The van der Waals surface area contributed by atoms with Crippen LogP contribution in [0.15, 0.2) is 0 Å². The number of aliphatic hydroxyl groups is 1. The van der Waals surface area contributed by atoms with Gasteiger partial charge in [-0.25, -0.2) is 0 Å². The fourth-order valence-electron chi connectivity index (χ4n) is 4.62. The van der Waals surface area contributed by atoms with Crippen molar-refractivity contribution in [3.63, 3.8) is 0 Å². The molecule has 2 aliphatic carbocycles. The smallest absolute Gasteiger partial charge is 0.0499 e. The first-order valence-electron chi connectivity index (χ1n) is 7.68. The third-order valence-electron chi connectivity index (χ3n) is 5.66. The molecule has 3 aliphatic rings. The molecule has 17 heavy (non-hydrogen) atoms. The molecule has 0 radical (unpaired) electrons. The van der Waals surface area contributed by atoms with Crippen molar-refractivity contribution in [2.75, 3.05) is 19.7 Å². The van der Waals surface area contributed by atoms with Crippen molar-refractivity contribution >= 4 is 0 Å². The third-order valence-corrected chi connectivity index (χ3v) is 5.66. The van der Waals surface area contributed by atoms with Crippen LogP contribution in [0.25, 0.3) is 0 Å². The van der Waals surface area contributed by atoms with Crippen molar-refractivity contribution in [3.05, 3.63) is 0 Å². The maximum atomic E-state index is 9.75. The maximum Gasteiger partial charge on any atom is 0.0499 e. The van der Waals surface area contributed by atoms with Crippen LogP contribution >= 0.6 is 0 Å². The molecule has 2 nitrogen and oxygen atoms in total. The van der Waals surface area contributed by atoms with Crippen molar-refractivity contribution in [1.82, 2.24) is 4.90 Å². The highest BCUT2D eigenvalue weighted by molar-refractivity contribution is 4.95. The molecule has 1 heterocycles. The minimum absolute atomic E-state index is 0.270. The Morgan fingerprint density at radius 1 is 1.00 bits per heavy atom. The van der Waals surface area contributed by atoms with Gasteiger partial charge in [-0.2, -0.15) is 0 Å². The van der Waals surface area contributed by atoms with Crippen molar-refractivity contribution < 1.29 is 5.11 Å². The molecule has 0 aromatic carbocycles. The van der Waals surface area contributed by atoms with Crippen LogP contribution < -0.4 is 0 Å². The van der Waals surface area contributed by atoms with E-state index in [-0.39, 0.29) is 5.41 Å². The molecule has 2 heteroatoms. The van der Waals surface area contributed by atoms with Crippen molar-refractivity contribution in [3.8, 4) is 0 Å². The number of likely N-dealkylation sites (tertiary alicyclic amines) is 1. The van der Waals surface area contributed by atoms with Crippen LogP contribution in [-0.4, -0.2) is 35.7 Å². The van der Waals surface area contributed by atoms with Gasteiger partial charge in [-0.3, -0.25) is 4.90 Å².